The van der Waals surface area contributed by atoms with Crippen molar-refractivity contribution < 1.29 is 28.5 Å². The quantitative estimate of drug-likeness (QED) is 0.453. The van der Waals surface area contributed by atoms with E-state index in [9.17, 15) is 4.79 Å². The van der Waals surface area contributed by atoms with Gasteiger partial charge in [0.25, 0.3) is 5.91 Å². The summed E-state index contributed by atoms with van der Waals surface area (Å²) in [5.74, 6) is 1.80. The Morgan fingerprint density at radius 1 is 1.13 bits per heavy atom. The molecule has 0 aliphatic heterocycles. The number of nitrogens with zero attached hydrogens (tertiary/aromatic N) is 1. The minimum atomic E-state index is -0.252. The first-order valence-corrected chi connectivity index (χ1v) is 10.0. The summed E-state index contributed by atoms with van der Waals surface area (Å²) in [6.07, 6.45) is 2.02. The average molecular weight is 426 g/mol. The highest BCUT2D eigenvalue weighted by Gasteiger charge is 2.14. The first-order valence-electron chi connectivity index (χ1n) is 10.0. The van der Waals surface area contributed by atoms with Crippen LogP contribution in [0, 0.1) is 0 Å². The molecule has 1 aromatic heterocycles. The summed E-state index contributed by atoms with van der Waals surface area (Å²) in [5.41, 5.74) is 1.75. The Bertz CT molecular complexity index is 1000. The van der Waals surface area contributed by atoms with E-state index in [1.807, 2.05) is 19.1 Å². The fourth-order valence-corrected chi connectivity index (χ4v) is 2.89. The number of benzene rings is 2. The molecule has 2 N–H and O–H groups in total. The van der Waals surface area contributed by atoms with Crippen LogP contribution in [0.4, 0.5) is 0 Å². The lowest BCUT2D eigenvalue weighted by atomic mass is 10.2. The minimum Gasteiger partial charge on any atom is -0.493 e. The number of aliphatic hydroxyl groups excluding tert-OH is 1. The number of carbonyl (C=O) groups excluding carboxylic acids is 1. The number of oxazole rings is 1. The van der Waals surface area contributed by atoms with Crippen molar-refractivity contribution >= 4 is 5.91 Å². The topological polar surface area (TPSA) is 103 Å². The molecule has 164 valence electrons. The van der Waals surface area contributed by atoms with Gasteiger partial charge in [-0.15, -0.1) is 0 Å². The van der Waals surface area contributed by atoms with Gasteiger partial charge in [-0.25, -0.2) is 4.98 Å². The minimum absolute atomic E-state index is 0.0475. The molecular formula is C23H26N2O6. The summed E-state index contributed by atoms with van der Waals surface area (Å²) in [6, 6.07) is 12.4. The van der Waals surface area contributed by atoms with Crippen LogP contribution in [0.15, 0.2) is 53.1 Å². The van der Waals surface area contributed by atoms with Crippen LogP contribution in [0.2, 0.25) is 0 Å². The van der Waals surface area contributed by atoms with Crippen molar-refractivity contribution in [1.29, 1.82) is 0 Å². The Morgan fingerprint density at radius 2 is 1.97 bits per heavy atom. The van der Waals surface area contributed by atoms with Crippen molar-refractivity contribution in [3.05, 3.63) is 60.0 Å². The predicted molar refractivity (Wildman–Crippen MR) is 114 cm³/mol. The number of carbonyl (C=O) groups is 1. The van der Waals surface area contributed by atoms with Gasteiger partial charge in [0.2, 0.25) is 5.89 Å². The number of rotatable bonds is 11. The SMILES string of the molecule is CCOc1ccccc1C(=O)NCc1coc(-c2ccc(OC)c(OCCCO)c2)n1. The van der Waals surface area contributed by atoms with Gasteiger partial charge in [0.05, 0.1) is 38.1 Å². The van der Waals surface area contributed by atoms with Crippen LogP contribution in [0.1, 0.15) is 29.4 Å². The molecule has 31 heavy (non-hydrogen) atoms. The van der Waals surface area contributed by atoms with Crippen molar-refractivity contribution in [2.75, 3.05) is 26.9 Å². The molecule has 1 heterocycles. The average Bonchev–Trinajstić information content (AvgIpc) is 3.27. The van der Waals surface area contributed by atoms with Crippen LogP contribution in [0.25, 0.3) is 11.5 Å². The summed E-state index contributed by atoms with van der Waals surface area (Å²) in [4.78, 5) is 17.0. The van der Waals surface area contributed by atoms with Crippen molar-refractivity contribution in [2.24, 2.45) is 0 Å². The van der Waals surface area contributed by atoms with E-state index in [-0.39, 0.29) is 19.1 Å². The molecule has 1 amide bonds. The zero-order chi connectivity index (χ0) is 22.1. The van der Waals surface area contributed by atoms with E-state index in [4.69, 9.17) is 23.7 Å². The zero-order valence-electron chi connectivity index (χ0n) is 17.6. The lowest BCUT2D eigenvalue weighted by molar-refractivity contribution is 0.0946. The van der Waals surface area contributed by atoms with Gasteiger partial charge >= 0.3 is 0 Å². The van der Waals surface area contributed by atoms with Gasteiger partial charge in [-0.2, -0.15) is 0 Å². The highest BCUT2D eigenvalue weighted by Crippen LogP contribution is 2.32. The van der Waals surface area contributed by atoms with E-state index in [1.54, 1.807) is 37.4 Å². The van der Waals surface area contributed by atoms with E-state index >= 15 is 0 Å². The standard InChI is InChI=1S/C23H26N2O6/c1-3-29-19-8-5-4-7-18(19)22(27)24-14-17-15-31-23(25-17)16-9-10-20(28-2)21(13-16)30-12-6-11-26/h4-5,7-10,13,15,26H,3,6,11-12,14H2,1-2H3,(H,24,27). The van der Waals surface area contributed by atoms with Crippen LogP contribution in [-0.4, -0.2) is 42.9 Å². The molecule has 0 atom stereocenters. The van der Waals surface area contributed by atoms with Crippen molar-refractivity contribution in [2.45, 2.75) is 19.9 Å². The molecule has 0 unspecified atom stereocenters. The fourth-order valence-electron chi connectivity index (χ4n) is 2.89. The molecule has 2 aromatic carbocycles. The van der Waals surface area contributed by atoms with Crippen molar-refractivity contribution in [1.82, 2.24) is 10.3 Å². The zero-order valence-corrected chi connectivity index (χ0v) is 17.6. The first kappa shape index (κ1) is 22.2. The van der Waals surface area contributed by atoms with Crippen molar-refractivity contribution in [3.63, 3.8) is 0 Å². The maximum Gasteiger partial charge on any atom is 0.255 e. The summed E-state index contributed by atoms with van der Waals surface area (Å²) < 4.78 is 22.1. The van der Waals surface area contributed by atoms with Gasteiger partial charge in [-0.1, -0.05) is 12.1 Å². The number of amides is 1. The Labute approximate surface area is 180 Å². The molecular weight excluding hydrogens is 400 g/mol. The number of aliphatic hydroxyl groups is 1. The number of nitrogens with one attached hydrogen (secondary N) is 1. The van der Waals surface area contributed by atoms with Gasteiger partial charge in [0.15, 0.2) is 11.5 Å². The van der Waals surface area contributed by atoms with E-state index in [0.717, 1.165) is 0 Å². The second-order valence-electron chi connectivity index (χ2n) is 6.55. The van der Waals surface area contributed by atoms with E-state index in [0.29, 0.717) is 59.6 Å². The van der Waals surface area contributed by atoms with Crippen LogP contribution >= 0.6 is 0 Å². The Kier molecular flexibility index (Phi) is 7.89. The smallest absolute Gasteiger partial charge is 0.255 e. The molecule has 3 aromatic rings. The molecule has 0 saturated carbocycles. The van der Waals surface area contributed by atoms with Gasteiger partial charge < -0.3 is 29.1 Å². The number of ether oxygens (including phenoxy) is 3. The van der Waals surface area contributed by atoms with Gasteiger partial charge in [0, 0.05) is 18.6 Å². The third-order valence-electron chi connectivity index (χ3n) is 4.38. The lowest BCUT2D eigenvalue weighted by Crippen LogP contribution is -2.23. The molecule has 0 spiro atoms. The molecule has 0 fully saturated rings. The second-order valence-corrected chi connectivity index (χ2v) is 6.55. The second kappa shape index (κ2) is 11.0. The van der Waals surface area contributed by atoms with Gasteiger partial charge in [-0.05, 0) is 37.3 Å². The summed E-state index contributed by atoms with van der Waals surface area (Å²) >= 11 is 0. The number of methoxy groups -OCH3 is 1. The third-order valence-corrected chi connectivity index (χ3v) is 4.38. The lowest BCUT2D eigenvalue weighted by Gasteiger charge is -2.11. The Balaban J connectivity index is 1.68. The number of para-hydroxylation sites is 1. The molecule has 3 rings (SSSR count). The largest absolute Gasteiger partial charge is 0.493 e. The summed E-state index contributed by atoms with van der Waals surface area (Å²) in [5, 5.41) is 11.8. The molecule has 8 nitrogen and oxygen atoms in total. The highest BCUT2D eigenvalue weighted by atomic mass is 16.5. The monoisotopic (exact) mass is 426 g/mol. The number of hydrogen-bond donors (Lipinski definition) is 2. The molecule has 0 bridgehead atoms. The number of hydrogen-bond acceptors (Lipinski definition) is 7. The van der Waals surface area contributed by atoms with Crippen LogP contribution < -0.4 is 19.5 Å². The Morgan fingerprint density at radius 3 is 2.74 bits per heavy atom. The van der Waals surface area contributed by atoms with Crippen molar-refractivity contribution in [3.8, 4) is 28.7 Å². The predicted octanol–water partition coefficient (Wildman–Crippen LogP) is 3.44. The maximum atomic E-state index is 12.5. The third kappa shape index (κ3) is 5.76. The maximum absolute atomic E-state index is 12.5. The molecule has 0 saturated heterocycles. The van der Waals surface area contributed by atoms with E-state index in [2.05, 4.69) is 10.3 Å². The number of aromatic nitrogens is 1. The molecule has 0 aliphatic carbocycles. The van der Waals surface area contributed by atoms with E-state index in [1.165, 1.54) is 6.26 Å². The summed E-state index contributed by atoms with van der Waals surface area (Å²) in [6.45, 7) is 2.96. The van der Waals surface area contributed by atoms with E-state index < -0.39 is 0 Å². The van der Waals surface area contributed by atoms with Crippen LogP contribution in [-0.2, 0) is 6.54 Å². The first-order chi connectivity index (χ1) is 15.2. The molecule has 0 radical (unpaired) electrons. The van der Waals surface area contributed by atoms with Gasteiger partial charge in [0.1, 0.15) is 12.0 Å². The fraction of sp³-hybridized carbons (Fsp3) is 0.304. The Hall–Kier alpha value is -3.52. The summed E-state index contributed by atoms with van der Waals surface area (Å²) in [7, 11) is 1.56. The van der Waals surface area contributed by atoms with Gasteiger partial charge in [-0.3, -0.25) is 4.79 Å². The normalized spacial score (nSPS) is 10.5. The highest BCUT2D eigenvalue weighted by molar-refractivity contribution is 5.96. The molecule has 0 aliphatic rings. The molecule has 8 heteroatoms. The van der Waals surface area contributed by atoms with Crippen LogP contribution in [0.5, 0.6) is 17.2 Å². The van der Waals surface area contributed by atoms with Crippen LogP contribution in [0.3, 0.4) is 0 Å².